The molecule has 16 heavy (non-hydrogen) atoms. The monoisotopic (exact) mass is 215 g/mol. The number of hydrogen-bond acceptors (Lipinski definition) is 1. The van der Waals surface area contributed by atoms with Crippen molar-refractivity contribution in [3.63, 3.8) is 0 Å². The number of aromatic nitrogens is 1. The topological polar surface area (TPSA) is 53.1 Å². The SMILES string of the molecule is CC(=CCC(=O)O)c1cccc2[nH]ccc12. The molecule has 3 nitrogen and oxygen atoms in total. The number of carboxylic acid groups (broad SMARTS) is 1. The first-order valence-electron chi connectivity index (χ1n) is 5.13. The lowest BCUT2D eigenvalue weighted by atomic mass is 10.0. The second-order valence-corrected chi connectivity index (χ2v) is 3.73. The molecule has 2 aromatic rings. The highest BCUT2D eigenvalue weighted by molar-refractivity contribution is 5.92. The minimum atomic E-state index is -0.805. The van der Waals surface area contributed by atoms with Gasteiger partial charge in [0.15, 0.2) is 0 Å². The highest BCUT2D eigenvalue weighted by Crippen LogP contribution is 2.24. The van der Waals surface area contributed by atoms with E-state index in [1.165, 1.54) is 0 Å². The van der Waals surface area contributed by atoms with Crippen LogP contribution in [0.4, 0.5) is 0 Å². The Morgan fingerprint density at radius 2 is 2.25 bits per heavy atom. The zero-order valence-electron chi connectivity index (χ0n) is 9.03. The maximum atomic E-state index is 10.5. The van der Waals surface area contributed by atoms with Crippen LogP contribution in [0.3, 0.4) is 0 Å². The number of benzene rings is 1. The van der Waals surface area contributed by atoms with Gasteiger partial charge in [-0.05, 0) is 30.2 Å². The van der Waals surface area contributed by atoms with Crippen LogP contribution in [-0.2, 0) is 4.79 Å². The van der Waals surface area contributed by atoms with E-state index in [1.807, 2.05) is 37.4 Å². The van der Waals surface area contributed by atoms with Crippen molar-refractivity contribution in [3.8, 4) is 0 Å². The van der Waals surface area contributed by atoms with Crippen molar-refractivity contribution >= 4 is 22.4 Å². The molecule has 2 rings (SSSR count). The first kappa shape index (κ1) is 10.5. The van der Waals surface area contributed by atoms with E-state index in [0.717, 1.165) is 22.0 Å². The van der Waals surface area contributed by atoms with E-state index in [0.29, 0.717) is 0 Å². The molecule has 1 aromatic heterocycles. The van der Waals surface area contributed by atoms with Gasteiger partial charge in [-0.15, -0.1) is 0 Å². The van der Waals surface area contributed by atoms with Gasteiger partial charge in [0.05, 0.1) is 6.42 Å². The fourth-order valence-electron chi connectivity index (χ4n) is 1.78. The number of hydrogen-bond donors (Lipinski definition) is 2. The third kappa shape index (κ3) is 1.98. The second kappa shape index (κ2) is 4.23. The summed E-state index contributed by atoms with van der Waals surface area (Å²) < 4.78 is 0. The van der Waals surface area contributed by atoms with Crippen molar-refractivity contribution < 1.29 is 9.90 Å². The van der Waals surface area contributed by atoms with Gasteiger partial charge in [-0.2, -0.15) is 0 Å². The number of carbonyl (C=O) groups is 1. The Morgan fingerprint density at radius 1 is 1.44 bits per heavy atom. The molecule has 0 amide bonds. The second-order valence-electron chi connectivity index (χ2n) is 3.73. The minimum absolute atomic E-state index is 0.0621. The summed E-state index contributed by atoms with van der Waals surface area (Å²) in [6, 6.07) is 7.97. The molecule has 0 spiro atoms. The maximum Gasteiger partial charge on any atom is 0.307 e. The van der Waals surface area contributed by atoms with Crippen molar-refractivity contribution in [1.82, 2.24) is 4.98 Å². The molecule has 0 unspecified atom stereocenters. The number of allylic oxidation sites excluding steroid dienone is 1. The van der Waals surface area contributed by atoms with Crippen LogP contribution in [-0.4, -0.2) is 16.1 Å². The molecule has 82 valence electrons. The van der Waals surface area contributed by atoms with Gasteiger partial charge in [0, 0.05) is 17.1 Å². The van der Waals surface area contributed by atoms with E-state index in [1.54, 1.807) is 6.08 Å². The van der Waals surface area contributed by atoms with Crippen molar-refractivity contribution in [1.29, 1.82) is 0 Å². The molecule has 0 aliphatic rings. The van der Waals surface area contributed by atoms with Gasteiger partial charge in [0.25, 0.3) is 0 Å². The molecule has 0 saturated carbocycles. The van der Waals surface area contributed by atoms with Crippen LogP contribution >= 0.6 is 0 Å². The summed E-state index contributed by atoms with van der Waals surface area (Å²) in [7, 11) is 0. The standard InChI is InChI=1S/C13H13NO2/c1-9(5-6-13(15)16)10-3-2-4-12-11(10)7-8-14-12/h2-5,7-8,14H,6H2,1H3,(H,15,16). The summed E-state index contributed by atoms with van der Waals surface area (Å²) in [5, 5.41) is 9.76. The minimum Gasteiger partial charge on any atom is -0.481 e. The maximum absolute atomic E-state index is 10.5. The van der Waals surface area contributed by atoms with E-state index >= 15 is 0 Å². The van der Waals surface area contributed by atoms with Crippen molar-refractivity contribution in [3.05, 3.63) is 42.1 Å². The van der Waals surface area contributed by atoms with Crippen LogP contribution < -0.4 is 0 Å². The lowest BCUT2D eigenvalue weighted by Gasteiger charge is -2.03. The Labute approximate surface area is 93.4 Å². The normalized spacial score (nSPS) is 11.9. The van der Waals surface area contributed by atoms with Crippen LogP contribution in [0.5, 0.6) is 0 Å². The molecule has 0 bridgehead atoms. The average molecular weight is 215 g/mol. The molecular formula is C13H13NO2. The van der Waals surface area contributed by atoms with Crippen LogP contribution in [0.2, 0.25) is 0 Å². The third-order valence-electron chi connectivity index (χ3n) is 2.60. The van der Waals surface area contributed by atoms with Crippen molar-refractivity contribution in [2.45, 2.75) is 13.3 Å². The van der Waals surface area contributed by atoms with E-state index < -0.39 is 5.97 Å². The summed E-state index contributed by atoms with van der Waals surface area (Å²) in [4.78, 5) is 13.6. The molecule has 0 aliphatic heterocycles. The highest BCUT2D eigenvalue weighted by Gasteiger charge is 2.03. The predicted molar refractivity (Wildman–Crippen MR) is 64.2 cm³/mol. The summed E-state index contributed by atoms with van der Waals surface area (Å²) in [6.07, 6.45) is 3.69. The fraction of sp³-hybridized carbons (Fsp3) is 0.154. The van der Waals surface area contributed by atoms with Crippen molar-refractivity contribution in [2.24, 2.45) is 0 Å². The molecule has 0 fully saturated rings. The number of fused-ring (bicyclic) bond motifs is 1. The molecule has 0 aliphatic carbocycles. The smallest absolute Gasteiger partial charge is 0.307 e. The third-order valence-corrected chi connectivity index (χ3v) is 2.60. The predicted octanol–water partition coefficient (Wildman–Crippen LogP) is 3.05. The first-order chi connectivity index (χ1) is 7.68. The summed E-state index contributed by atoms with van der Waals surface area (Å²) in [5.74, 6) is -0.805. The average Bonchev–Trinajstić information content (AvgIpc) is 2.73. The van der Waals surface area contributed by atoms with E-state index in [4.69, 9.17) is 5.11 Å². The number of aliphatic carboxylic acids is 1. The number of aromatic amines is 1. The van der Waals surface area contributed by atoms with Crippen LogP contribution in [0.15, 0.2) is 36.5 Å². The summed E-state index contributed by atoms with van der Waals surface area (Å²) in [6.45, 7) is 1.94. The van der Waals surface area contributed by atoms with Gasteiger partial charge in [0.2, 0.25) is 0 Å². The van der Waals surface area contributed by atoms with E-state index in [-0.39, 0.29) is 6.42 Å². The van der Waals surface area contributed by atoms with Crippen LogP contribution in [0.1, 0.15) is 18.9 Å². The van der Waals surface area contributed by atoms with Gasteiger partial charge < -0.3 is 10.1 Å². The van der Waals surface area contributed by atoms with E-state index in [9.17, 15) is 4.79 Å². The van der Waals surface area contributed by atoms with Gasteiger partial charge >= 0.3 is 5.97 Å². The Bertz CT molecular complexity index is 552. The number of H-pyrrole nitrogens is 1. The van der Waals surface area contributed by atoms with Gasteiger partial charge in [-0.1, -0.05) is 18.2 Å². The number of carboxylic acids is 1. The Kier molecular flexibility index (Phi) is 2.77. The van der Waals surface area contributed by atoms with Gasteiger partial charge in [-0.3, -0.25) is 4.79 Å². The quantitative estimate of drug-likeness (QED) is 0.826. The number of nitrogens with one attached hydrogen (secondary N) is 1. The lowest BCUT2D eigenvalue weighted by Crippen LogP contribution is -1.91. The van der Waals surface area contributed by atoms with Crippen LogP contribution in [0, 0.1) is 0 Å². The largest absolute Gasteiger partial charge is 0.481 e. The van der Waals surface area contributed by atoms with E-state index in [2.05, 4.69) is 4.98 Å². The first-order valence-corrected chi connectivity index (χ1v) is 5.13. The molecular weight excluding hydrogens is 202 g/mol. The molecule has 2 N–H and O–H groups in total. The molecule has 0 saturated heterocycles. The van der Waals surface area contributed by atoms with Gasteiger partial charge in [0.1, 0.15) is 0 Å². The Hall–Kier alpha value is -2.03. The molecule has 3 heteroatoms. The van der Waals surface area contributed by atoms with Gasteiger partial charge in [-0.25, -0.2) is 0 Å². The highest BCUT2D eigenvalue weighted by atomic mass is 16.4. The molecule has 1 heterocycles. The number of rotatable bonds is 3. The fourth-order valence-corrected chi connectivity index (χ4v) is 1.78. The lowest BCUT2D eigenvalue weighted by molar-refractivity contribution is -0.135. The summed E-state index contributed by atoms with van der Waals surface area (Å²) >= 11 is 0. The molecule has 0 atom stereocenters. The van der Waals surface area contributed by atoms with Crippen LogP contribution in [0.25, 0.3) is 16.5 Å². The molecule has 0 radical (unpaired) electrons. The Balaban J connectivity index is 2.42. The summed E-state index contributed by atoms with van der Waals surface area (Å²) in [5.41, 5.74) is 3.15. The zero-order chi connectivity index (χ0) is 11.5. The molecule has 1 aromatic carbocycles. The Morgan fingerprint density at radius 3 is 3.00 bits per heavy atom. The van der Waals surface area contributed by atoms with Crippen molar-refractivity contribution in [2.75, 3.05) is 0 Å². The zero-order valence-corrected chi connectivity index (χ0v) is 9.03.